The number of nitrogens with zero attached hydrogens (tertiary/aromatic N) is 3. The van der Waals surface area contributed by atoms with Gasteiger partial charge in [0.15, 0.2) is 0 Å². The molecular weight excluding hydrogens is 323 g/mol. The van der Waals surface area contributed by atoms with Gasteiger partial charge in [-0.15, -0.1) is 0 Å². The van der Waals surface area contributed by atoms with E-state index in [1.165, 1.54) is 12.1 Å². The molecule has 1 amide bonds. The summed E-state index contributed by atoms with van der Waals surface area (Å²) in [6.07, 6.45) is 0.837. The summed E-state index contributed by atoms with van der Waals surface area (Å²) in [5, 5.41) is 17.3. The monoisotopic (exact) mass is 348 g/mol. The minimum atomic E-state index is -0.804. The Morgan fingerprint density at radius 2 is 1.92 bits per heavy atom. The lowest BCUT2D eigenvalue weighted by atomic mass is 10.1. The highest BCUT2D eigenvalue weighted by molar-refractivity contribution is 5.93. The maximum absolute atomic E-state index is 13.0. The van der Waals surface area contributed by atoms with Crippen molar-refractivity contribution in [3.63, 3.8) is 0 Å². The number of hydrogen-bond donors (Lipinski definition) is 2. The fourth-order valence-electron chi connectivity index (χ4n) is 2.48. The fraction of sp³-hybridized carbons (Fsp3) is 0.444. The molecule has 7 heteroatoms. The molecule has 1 heterocycles. The average Bonchev–Trinajstić information content (AvgIpc) is 3.02. The molecule has 0 fully saturated rings. The molecule has 1 aromatic heterocycles. The lowest BCUT2D eigenvalue weighted by molar-refractivity contribution is -0.120. The zero-order chi connectivity index (χ0) is 18.6. The molecule has 25 heavy (non-hydrogen) atoms. The van der Waals surface area contributed by atoms with Crippen molar-refractivity contribution in [1.29, 1.82) is 0 Å². The second-order valence-electron chi connectivity index (χ2n) is 6.43. The number of nitrogens with one attached hydrogen (secondary N) is 1. The number of rotatable bonds is 7. The van der Waals surface area contributed by atoms with E-state index < -0.39 is 12.1 Å². The first kappa shape index (κ1) is 19.1. The molecule has 0 aliphatic rings. The van der Waals surface area contributed by atoms with Crippen LogP contribution in [-0.4, -0.2) is 45.3 Å². The van der Waals surface area contributed by atoms with Gasteiger partial charge in [0.05, 0.1) is 18.3 Å². The molecular formula is C18H25FN4O2. The zero-order valence-corrected chi connectivity index (χ0v) is 15.0. The molecule has 0 radical (unpaired) electrons. The average molecular weight is 348 g/mol. The summed E-state index contributed by atoms with van der Waals surface area (Å²) in [6, 6.07) is 7.13. The molecule has 136 valence electrons. The van der Waals surface area contributed by atoms with E-state index in [-0.39, 0.29) is 24.3 Å². The molecule has 0 aliphatic carbocycles. The standard InChI is InChI=1S/C18H25FN4O2/c1-12(2)23-17(9-10-20-23)21-18(25)13(3)22(4)11-16(24)14-5-7-15(19)8-6-14/h5-10,12-13,16,24H,11H2,1-4H3,(H,21,25)/t13-,16-/m0/s1. The number of halogens is 1. The summed E-state index contributed by atoms with van der Waals surface area (Å²) in [4.78, 5) is 14.2. The van der Waals surface area contributed by atoms with E-state index in [0.29, 0.717) is 11.4 Å². The Morgan fingerprint density at radius 3 is 2.52 bits per heavy atom. The van der Waals surface area contributed by atoms with Gasteiger partial charge >= 0.3 is 0 Å². The van der Waals surface area contributed by atoms with Gasteiger partial charge in [-0.2, -0.15) is 5.10 Å². The van der Waals surface area contributed by atoms with Crippen LogP contribution >= 0.6 is 0 Å². The lowest BCUT2D eigenvalue weighted by Gasteiger charge is -2.26. The van der Waals surface area contributed by atoms with Gasteiger partial charge in [-0.25, -0.2) is 9.07 Å². The summed E-state index contributed by atoms with van der Waals surface area (Å²) in [5.74, 6) is 0.106. The Labute approximate surface area is 147 Å². The molecule has 2 rings (SSSR count). The molecule has 0 spiro atoms. The summed E-state index contributed by atoms with van der Waals surface area (Å²) in [7, 11) is 1.76. The second-order valence-corrected chi connectivity index (χ2v) is 6.43. The van der Waals surface area contributed by atoms with Gasteiger partial charge in [0, 0.05) is 18.7 Å². The first-order valence-corrected chi connectivity index (χ1v) is 8.27. The third kappa shape index (κ3) is 4.87. The van der Waals surface area contributed by atoms with E-state index in [9.17, 15) is 14.3 Å². The lowest BCUT2D eigenvalue weighted by Crippen LogP contribution is -2.41. The van der Waals surface area contributed by atoms with Gasteiger partial charge in [-0.3, -0.25) is 9.69 Å². The van der Waals surface area contributed by atoms with Gasteiger partial charge in [-0.1, -0.05) is 12.1 Å². The number of carbonyl (C=O) groups excluding carboxylic acids is 1. The number of aliphatic hydroxyl groups excluding tert-OH is 1. The first-order valence-electron chi connectivity index (χ1n) is 8.27. The molecule has 2 aromatic rings. The Balaban J connectivity index is 1.96. The third-order valence-electron chi connectivity index (χ3n) is 4.17. The topological polar surface area (TPSA) is 70.4 Å². The highest BCUT2D eigenvalue weighted by Crippen LogP contribution is 2.17. The fourth-order valence-corrected chi connectivity index (χ4v) is 2.48. The van der Waals surface area contributed by atoms with E-state index in [0.717, 1.165) is 0 Å². The SMILES string of the molecule is CC(C)n1nccc1NC(=O)[C@H](C)N(C)C[C@H](O)c1ccc(F)cc1. The van der Waals surface area contributed by atoms with Gasteiger partial charge < -0.3 is 10.4 Å². The van der Waals surface area contributed by atoms with Crippen LogP contribution in [0, 0.1) is 5.82 Å². The first-order chi connectivity index (χ1) is 11.8. The summed E-state index contributed by atoms with van der Waals surface area (Å²) in [5.41, 5.74) is 0.610. The molecule has 0 bridgehead atoms. The number of likely N-dealkylation sites (N-methyl/N-ethyl adjacent to an activating group) is 1. The maximum Gasteiger partial charge on any atom is 0.242 e. The van der Waals surface area contributed by atoms with Crippen molar-refractivity contribution in [1.82, 2.24) is 14.7 Å². The van der Waals surface area contributed by atoms with E-state index in [1.807, 2.05) is 13.8 Å². The quantitative estimate of drug-likeness (QED) is 0.807. The maximum atomic E-state index is 13.0. The third-order valence-corrected chi connectivity index (χ3v) is 4.17. The number of anilines is 1. The Kier molecular flexibility index (Phi) is 6.27. The van der Waals surface area contributed by atoms with Crippen LogP contribution in [0.3, 0.4) is 0 Å². The van der Waals surface area contributed by atoms with Crippen molar-refractivity contribution < 1.29 is 14.3 Å². The smallest absolute Gasteiger partial charge is 0.242 e. The normalized spacial score (nSPS) is 13.9. The molecule has 0 unspecified atom stereocenters. The zero-order valence-electron chi connectivity index (χ0n) is 15.0. The van der Waals surface area contributed by atoms with E-state index in [4.69, 9.17) is 0 Å². The van der Waals surface area contributed by atoms with Gasteiger partial charge in [-0.05, 0) is 45.5 Å². The van der Waals surface area contributed by atoms with Crippen molar-refractivity contribution >= 4 is 11.7 Å². The van der Waals surface area contributed by atoms with Crippen LogP contribution in [0.25, 0.3) is 0 Å². The number of amides is 1. The summed E-state index contributed by atoms with van der Waals surface area (Å²) >= 11 is 0. The van der Waals surface area contributed by atoms with Crippen LogP contribution in [0.5, 0.6) is 0 Å². The van der Waals surface area contributed by atoms with Crippen LogP contribution in [0.1, 0.15) is 38.5 Å². The van der Waals surface area contributed by atoms with Crippen molar-refractivity contribution in [3.8, 4) is 0 Å². The molecule has 2 N–H and O–H groups in total. The molecule has 0 saturated heterocycles. The minimum absolute atomic E-state index is 0.138. The highest BCUT2D eigenvalue weighted by Gasteiger charge is 2.22. The Bertz CT molecular complexity index is 699. The van der Waals surface area contributed by atoms with E-state index in [2.05, 4.69) is 10.4 Å². The van der Waals surface area contributed by atoms with Crippen LogP contribution in [0.2, 0.25) is 0 Å². The number of aliphatic hydroxyl groups is 1. The van der Waals surface area contributed by atoms with Crippen molar-refractivity contribution in [2.45, 2.75) is 39.0 Å². The molecule has 1 aromatic carbocycles. The Hall–Kier alpha value is -2.25. The Morgan fingerprint density at radius 1 is 1.28 bits per heavy atom. The molecule has 2 atom stereocenters. The summed E-state index contributed by atoms with van der Waals surface area (Å²) < 4.78 is 14.7. The molecule has 6 nitrogen and oxygen atoms in total. The predicted molar refractivity (Wildman–Crippen MR) is 94.7 cm³/mol. The van der Waals surface area contributed by atoms with Crippen LogP contribution in [0.4, 0.5) is 10.2 Å². The number of hydrogen-bond acceptors (Lipinski definition) is 4. The van der Waals surface area contributed by atoms with Gasteiger partial charge in [0.1, 0.15) is 11.6 Å². The largest absolute Gasteiger partial charge is 0.387 e. The predicted octanol–water partition coefficient (Wildman–Crippen LogP) is 2.60. The molecule has 0 saturated carbocycles. The second kappa shape index (κ2) is 8.22. The van der Waals surface area contributed by atoms with Crippen molar-refractivity contribution in [3.05, 3.63) is 47.9 Å². The molecule has 0 aliphatic heterocycles. The number of benzene rings is 1. The van der Waals surface area contributed by atoms with Crippen molar-refractivity contribution in [2.24, 2.45) is 0 Å². The van der Waals surface area contributed by atoms with Gasteiger partial charge in [0.2, 0.25) is 5.91 Å². The van der Waals surface area contributed by atoms with Crippen LogP contribution < -0.4 is 5.32 Å². The van der Waals surface area contributed by atoms with Crippen molar-refractivity contribution in [2.75, 3.05) is 18.9 Å². The van der Waals surface area contributed by atoms with E-state index in [1.54, 1.807) is 47.9 Å². The summed E-state index contributed by atoms with van der Waals surface area (Å²) in [6.45, 7) is 5.99. The number of carbonyl (C=O) groups is 1. The highest BCUT2D eigenvalue weighted by atomic mass is 19.1. The minimum Gasteiger partial charge on any atom is -0.387 e. The number of aromatic nitrogens is 2. The van der Waals surface area contributed by atoms with Gasteiger partial charge in [0.25, 0.3) is 0 Å². The van der Waals surface area contributed by atoms with Crippen LogP contribution in [-0.2, 0) is 4.79 Å². The van der Waals surface area contributed by atoms with E-state index >= 15 is 0 Å². The van der Waals surface area contributed by atoms with Crippen LogP contribution in [0.15, 0.2) is 36.5 Å².